The fourth-order valence-electron chi connectivity index (χ4n) is 2.65. The molecule has 0 aromatic rings. The van der Waals surface area contributed by atoms with Crippen LogP contribution in [0.1, 0.15) is 73.6 Å². The average molecular weight is 388 g/mol. The van der Waals surface area contributed by atoms with Crippen LogP contribution in [-0.2, 0) is 19.1 Å². The molecule has 158 valence electrons. The Kier molecular flexibility index (Phi) is 12.5. The summed E-state index contributed by atoms with van der Waals surface area (Å²) >= 11 is 0. The van der Waals surface area contributed by atoms with Gasteiger partial charge in [0.1, 0.15) is 0 Å². The van der Waals surface area contributed by atoms with Crippen LogP contribution < -0.4 is 5.32 Å². The number of hydrogen-bond acceptors (Lipinski definition) is 5. The van der Waals surface area contributed by atoms with Crippen molar-refractivity contribution in [2.24, 2.45) is 23.7 Å². The molecule has 0 saturated carbocycles. The van der Waals surface area contributed by atoms with Crippen LogP contribution in [0, 0.1) is 23.7 Å². The molecule has 0 aromatic heterocycles. The number of carboxylic acids is 1. The Hall–Kier alpha value is -1.79. The smallest absolute Gasteiger partial charge is 0.410 e. The largest absolute Gasteiger partial charge is 0.481 e. The molecule has 0 rings (SSSR count). The van der Waals surface area contributed by atoms with Gasteiger partial charge in [-0.25, -0.2) is 4.79 Å². The maximum Gasteiger partial charge on any atom is 0.410 e. The van der Waals surface area contributed by atoms with Crippen molar-refractivity contribution in [3.05, 3.63) is 0 Å². The van der Waals surface area contributed by atoms with Crippen molar-refractivity contribution in [1.29, 1.82) is 0 Å². The number of amides is 1. The lowest BCUT2D eigenvalue weighted by Crippen LogP contribution is -2.35. The Labute approximate surface area is 163 Å². The molecule has 0 heterocycles. The van der Waals surface area contributed by atoms with Crippen molar-refractivity contribution in [2.45, 2.75) is 79.9 Å². The number of aliphatic carboxylic acids is 1. The van der Waals surface area contributed by atoms with Gasteiger partial charge in [0.25, 0.3) is 6.29 Å². The van der Waals surface area contributed by atoms with Crippen LogP contribution in [0.5, 0.6) is 0 Å². The summed E-state index contributed by atoms with van der Waals surface area (Å²) in [6, 6.07) is 0. The second-order valence-electron chi connectivity index (χ2n) is 8.11. The Bertz CT molecular complexity index is 461. The molecule has 0 aliphatic rings. The third-order valence-electron chi connectivity index (χ3n) is 4.10. The van der Waals surface area contributed by atoms with Crippen LogP contribution >= 0.6 is 0 Å². The molecule has 0 saturated heterocycles. The van der Waals surface area contributed by atoms with E-state index in [1.165, 1.54) is 0 Å². The lowest BCUT2D eigenvalue weighted by atomic mass is 9.89. The van der Waals surface area contributed by atoms with Crippen molar-refractivity contribution in [3.63, 3.8) is 0 Å². The van der Waals surface area contributed by atoms with Crippen molar-refractivity contribution < 1.29 is 29.0 Å². The molecule has 7 heteroatoms. The Morgan fingerprint density at radius 1 is 0.963 bits per heavy atom. The zero-order valence-corrected chi connectivity index (χ0v) is 17.6. The first kappa shape index (κ1) is 25.2. The highest BCUT2D eigenvalue weighted by Gasteiger charge is 2.24. The molecule has 0 spiro atoms. The second kappa shape index (κ2) is 13.4. The van der Waals surface area contributed by atoms with Crippen LogP contribution in [-0.4, -0.2) is 36.0 Å². The maximum absolute atomic E-state index is 11.9. The molecular formula is C20H37NO6. The molecule has 1 amide bonds. The van der Waals surface area contributed by atoms with Crippen molar-refractivity contribution in [1.82, 2.24) is 5.32 Å². The summed E-state index contributed by atoms with van der Waals surface area (Å²) in [7, 11) is 0. The zero-order chi connectivity index (χ0) is 21.0. The van der Waals surface area contributed by atoms with Crippen molar-refractivity contribution in [3.8, 4) is 0 Å². The number of carbonyl (C=O) groups is 3. The molecule has 0 fully saturated rings. The van der Waals surface area contributed by atoms with Crippen LogP contribution in [0.4, 0.5) is 4.79 Å². The molecule has 0 unspecified atom stereocenters. The summed E-state index contributed by atoms with van der Waals surface area (Å²) in [5.41, 5.74) is 0. The second-order valence-corrected chi connectivity index (χ2v) is 8.11. The minimum absolute atomic E-state index is 0.148. The number of alkyl carbamates (subject to hydrolysis) is 1. The van der Waals surface area contributed by atoms with E-state index < -0.39 is 24.3 Å². The monoisotopic (exact) mass is 387 g/mol. The van der Waals surface area contributed by atoms with Gasteiger partial charge in [-0.3, -0.25) is 9.59 Å². The van der Waals surface area contributed by atoms with Gasteiger partial charge in [0, 0.05) is 18.9 Å². The van der Waals surface area contributed by atoms with E-state index in [1.54, 1.807) is 13.8 Å². The lowest BCUT2D eigenvalue weighted by molar-refractivity contribution is -0.178. The highest BCUT2D eigenvalue weighted by Crippen LogP contribution is 2.22. The molecule has 0 aliphatic carbocycles. The molecule has 27 heavy (non-hydrogen) atoms. The minimum atomic E-state index is -0.913. The van der Waals surface area contributed by atoms with Gasteiger partial charge in [0.05, 0.1) is 5.92 Å². The first-order valence-corrected chi connectivity index (χ1v) is 9.89. The Morgan fingerprint density at radius 3 is 2.07 bits per heavy atom. The number of ether oxygens (including phenoxy) is 2. The number of carbonyl (C=O) groups excluding carboxylic acids is 2. The fraction of sp³-hybridized carbons (Fsp3) is 0.850. The van der Waals surface area contributed by atoms with E-state index in [0.29, 0.717) is 24.8 Å². The first-order chi connectivity index (χ1) is 12.5. The number of carboxylic acid groups (broad SMARTS) is 1. The summed E-state index contributed by atoms with van der Waals surface area (Å²) in [5.74, 6) is -0.789. The highest BCUT2D eigenvalue weighted by atomic mass is 16.7. The van der Waals surface area contributed by atoms with Gasteiger partial charge in [0.2, 0.25) is 0 Å². The predicted molar refractivity (Wildman–Crippen MR) is 103 cm³/mol. The normalized spacial score (nSPS) is 13.5. The Morgan fingerprint density at radius 2 is 1.59 bits per heavy atom. The van der Waals surface area contributed by atoms with E-state index in [-0.39, 0.29) is 18.3 Å². The van der Waals surface area contributed by atoms with E-state index in [1.807, 2.05) is 13.8 Å². The highest BCUT2D eigenvalue weighted by molar-refractivity contribution is 5.72. The number of hydrogen-bond donors (Lipinski definition) is 2. The molecule has 0 radical (unpaired) electrons. The molecule has 7 nitrogen and oxygen atoms in total. The lowest BCUT2D eigenvalue weighted by Gasteiger charge is -2.22. The summed E-state index contributed by atoms with van der Waals surface area (Å²) in [6.45, 7) is 11.7. The summed E-state index contributed by atoms with van der Waals surface area (Å²) in [5, 5.41) is 11.5. The third kappa shape index (κ3) is 13.1. The van der Waals surface area contributed by atoms with Gasteiger partial charge in [-0.05, 0) is 37.5 Å². The van der Waals surface area contributed by atoms with E-state index in [0.717, 1.165) is 19.3 Å². The van der Waals surface area contributed by atoms with Gasteiger partial charge >= 0.3 is 18.0 Å². The fourth-order valence-corrected chi connectivity index (χ4v) is 2.65. The average Bonchev–Trinajstić information content (AvgIpc) is 2.54. The van der Waals surface area contributed by atoms with Gasteiger partial charge in [0.15, 0.2) is 0 Å². The molecule has 0 bridgehead atoms. The van der Waals surface area contributed by atoms with Crippen molar-refractivity contribution >= 4 is 18.0 Å². The zero-order valence-electron chi connectivity index (χ0n) is 17.6. The van der Waals surface area contributed by atoms with Gasteiger partial charge in [-0.2, -0.15) is 0 Å². The third-order valence-corrected chi connectivity index (χ3v) is 4.10. The van der Waals surface area contributed by atoms with Crippen LogP contribution in [0.25, 0.3) is 0 Å². The van der Waals surface area contributed by atoms with Crippen LogP contribution in [0.15, 0.2) is 0 Å². The van der Waals surface area contributed by atoms with E-state index in [4.69, 9.17) is 14.6 Å². The Balaban J connectivity index is 4.29. The van der Waals surface area contributed by atoms with Crippen molar-refractivity contribution in [2.75, 3.05) is 6.54 Å². The standard InChI is InChI=1S/C20H37NO6/c1-13(2)12-16(9-10-17(22)23)8-7-11-21-20(25)27-19(15(5)6)26-18(24)14(3)4/h13-16,19H,7-12H2,1-6H3,(H,21,25)(H,22,23)/t16-,19+/m0/s1. The summed E-state index contributed by atoms with van der Waals surface area (Å²) in [4.78, 5) is 34.4. The molecule has 0 aliphatic heterocycles. The summed E-state index contributed by atoms with van der Waals surface area (Å²) < 4.78 is 10.4. The quantitative estimate of drug-likeness (QED) is 0.279. The summed E-state index contributed by atoms with van der Waals surface area (Å²) in [6.07, 6.45) is 1.85. The maximum atomic E-state index is 11.9. The topological polar surface area (TPSA) is 102 Å². The number of rotatable bonds is 13. The minimum Gasteiger partial charge on any atom is -0.481 e. The molecule has 2 atom stereocenters. The predicted octanol–water partition coefficient (Wildman–Crippen LogP) is 4.20. The van der Waals surface area contributed by atoms with Gasteiger partial charge in [-0.1, -0.05) is 41.5 Å². The van der Waals surface area contributed by atoms with Gasteiger partial charge in [-0.15, -0.1) is 0 Å². The number of nitrogens with one attached hydrogen (secondary N) is 1. The van der Waals surface area contributed by atoms with E-state index in [2.05, 4.69) is 19.2 Å². The number of esters is 1. The molecule has 0 aromatic carbocycles. The SMILES string of the molecule is CC(C)C[C@@H](CCCNC(=O)O[C@@H](OC(=O)C(C)C)C(C)C)CCC(=O)O. The van der Waals surface area contributed by atoms with Crippen LogP contribution in [0.3, 0.4) is 0 Å². The van der Waals surface area contributed by atoms with E-state index >= 15 is 0 Å². The van der Waals surface area contributed by atoms with Gasteiger partial charge < -0.3 is 19.9 Å². The molecule has 2 N–H and O–H groups in total. The molecular weight excluding hydrogens is 350 g/mol. The van der Waals surface area contributed by atoms with Crippen LogP contribution in [0.2, 0.25) is 0 Å². The first-order valence-electron chi connectivity index (χ1n) is 9.89. The van der Waals surface area contributed by atoms with E-state index in [9.17, 15) is 14.4 Å².